The molecule has 2 rings (SSSR count). The van der Waals surface area contributed by atoms with Crippen molar-refractivity contribution in [1.29, 1.82) is 0 Å². The summed E-state index contributed by atoms with van der Waals surface area (Å²) in [5.74, 6) is 2.67. The van der Waals surface area contributed by atoms with E-state index in [2.05, 4.69) is 23.5 Å². The minimum absolute atomic E-state index is 0.305. The average Bonchev–Trinajstić information content (AvgIpc) is 2.96. The molecule has 2 aromatic rings. The van der Waals surface area contributed by atoms with Gasteiger partial charge in [0.05, 0.1) is 0 Å². The number of carbonyl (C=O) groups excluding carboxylic acids is 3. The van der Waals surface area contributed by atoms with Crippen molar-refractivity contribution in [2.45, 2.75) is 90.4 Å². The first-order valence-corrected chi connectivity index (χ1v) is 16.2. The number of carbonyl (C=O) groups is 3. The van der Waals surface area contributed by atoms with Crippen LogP contribution in [0.5, 0.6) is 0 Å². The molecule has 0 heterocycles. The summed E-state index contributed by atoms with van der Waals surface area (Å²) >= 11 is 1.58. The van der Waals surface area contributed by atoms with E-state index in [9.17, 15) is 14.4 Å². The first kappa shape index (κ1) is 34.8. The molecule has 2 aromatic carbocycles. The Labute approximate surface area is 256 Å². The number of alkyl carbamates (subject to hydrolysis) is 1. The van der Waals surface area contributed by atoms with Crippen molar-refractivity contribution in [3.63, 3.8) is 0 Å². The fourth-order valence-electron chi connectivity index (χ4n) is 4.59. The van der Waals surface area contributed by atoms with Crippen LogP contribution in [-0.4, -0.2) is 53.0 Å². The van der Waals surface area contributed by atoms with Crippen LogP contribution in [0.25, 0.3) is 0 Å². The van der Waals surface area contributed by atoms with E-state index in [-0.39, 0.29) is 11.8 Å². The largest absolute Gasteiger partial charge is 0.444 e. The molecule has 0 aliphatic rings. The number of ether oxygens (including phenoxy) is 1. The molecular formula is C34H47N3O4S. The van der Waals surface area contributed by atoms with E-state index in [0.717, 1.165) is 31.2 Å². The summed E-state index contributed by atoms with van der Waals surface area (Å²) in [6.07, 6.45) is 12.4. The zero-order chi connectivity index (χ0) is 31.0. The summed E-state index contributed by atoms with van der Waals surface area (Å²) in [6, 6.07) is 15.0. The highest BCUT2D eigenvalue weighted by Gasteiger charge is 2.36. The smallest absolute Gasteiger partial charge is 0.408 e. The quantitative estimate of drug-likeness (QED) is 0.172. The third-order valence-electron chi connectivity index (χ3n) is 6.67. The van der Waals surface area contributed by atoms with Crippen molar-refractivity contribution < 1.29 is 19.1 Å². The first-order chi connectivity index (χ1) is 20.1. The SMILES string of the molecule is C#Cc1ccccc1C(C(=O)NCc1ccccc1)N(CCCCCCC)C(=O)C(CCSC)NC(=O)OC(C)(C)C. The molecule has 2 N–H and O–H groups in total. The molecule has 7 nitrogen and oxygen atoms in total. The second kappa shape index (κ2) is 18.2. The Morgan fingerprint density at radius 1 is 1.00 bits per heavy atom. The number of nitrogens with one attached hydrogen (secondary N) is 2. The van der Waals surface area contributed by atoms with Crippen molar-refractivity contribution in [3.05, 3.63) is 71.3 Å². The first-order valence-electron chi connectivity index (χ1n) is 14.8. The third kappa shape index (κ3) is 11.8. The Kier molecular flexibility index (Phi) is 15.0. The molecule has 42 heavy (non-hydrogen) atoms. The molecule has 0 radical (unpaired) electrons. The molecule has 0 saturated carbocycles. The van der Waals surface area contributed by atoms with E-state index in [1.807, 2.05) is 48.7 Å². The van der Waals surface area contributed by atoms with Crippen LogP contribution in [0.1, 0.15) is 89.0 Å². The number of hydrogen-bond donors (Lipinski definition) is 2. The predicted molar refractivity (Wildman–Crippen MR) is 172 cm³/mol. The van der Waals surface area contributed by atoms with E-state index in [4.69, 9.17) is 11.2 Å². The van der Waals surface area contributed by atoms with Gasteiger partial charge in [-0.15, -0.1) is 6.42 Å². The average molecular weight is 594 g/mol. The summed E-state index contributed by atoms with van der Waals surface area (Å²) < 4.78 is 5.49. The molecule has 0 aromatic heterocycles. The number of rotatable bonds is 16. The molecule has 228 valence electrons. The lowest BCUT2D eigenvalue weighted by atomic mass is 9.96. The predicted octanol–water partition coefficient (Wildman–Crippen LogP) is 6.47. The lowest BCUT2D eigenvalue weighted by Gasteiger charge is -2.35. The second-order valence-corrected chi connectivity index (χ2v) is 12.2. The van der Waals surface area contributed by atoms with Crippen molar-refractivity contribution in [3.8, 4) is 12.3 Å². The van der Waals surface area contributed by atoms with Gasteiger partial charge in [-0.1, -0.05) is 87.1 Å². The summed E-state index contributed by atoms with van der Waals surface area (Å²) in [5.41, 5.74) is 1.34. The fourth-order valence-corrected chi connectivity index (χ4v) is 5.07. The Morgan fingerprint density at radius 3 is 2.31 bits per heavy atom. The molecule has 0 fully saturated rings. The minimum Gasteiger partial charge on any atom is -0.444 e. The number of amides is 3. The Bertz CT molecular complexity index is 1170. The summed E-state index contributed by atoms with van der Waals surface area (Å²) in [7, 11) is 0. The molecule has 0 saturated heterocycles. The monoisotopic (exact) mass is 593 g/mol. The third-order valence-corrected chi connectivity index (χ3v) is 7.31. The lowest BCUT2D eigenvalue weighted by Crippen LogP contribution is -2.53. The van der Waals surface area contributed by atoms with Crippen molar-refractivity contribution in [2.24, 2.45) is 0 Å². The Balaban J connectivity index is 2.51. The van der Waals surface area contributed by atoms with Crippen molar-refractivity contribution >= 4 is 29.7 Å². The van der Waals surface area contributed by atoms with E-state index in [1.54, 1.807) is 49.6 Å². The van der Waals surface area contributed by atoms with E-state index in [0.29, 0.717) is 42.8 Å². The van der Waals surface area contributed by atoms with E-state index in [1.165, 1.54) is 0 Å². The van der Waals surface area contributed by atoms with Crippen LogP contribution in [0, 0.1) is 12.3 Å². The van der Waals surface area contributed by atoms with Crippen LogP contribution in [-0.2, 0) is 20.9 Å². The van der Waals surface area contributed by atoms with Crippen LogP contribution < -0.4 is 10.6 Å². The molecule has 0 bridgehead atoms. The van der Waals surface area contributed by atoms with Gasteiger partial charge in [-0.25, -0.2) is 4.79 Å². The number of hydrogen-bond acceptors (Lipinski definition) is 5. The van der Waals surface area contributed by atoms with Crippen molar-refractivity contribution in [1.82, 2.24) is 15.5 Å². The van der Waals surface area contributed by atoms with Gasteiger partial charge < -0.3 is 20.3 Å². The maximum absolute atomic E-state index is 14.4. The maximum Gasteiger partial charge on any atom is 0.408 e. The molecule has 0 aliphatic heterocycles. The normalized spacial score (nSPS) is 12.5. The van der Waals surface area contributed by atoms with Crippen LogP contribution >= 0.6 is 11.8 Å². The minimum atomic E-state index is -0.975. The van der Waals surface area contributed by atoms with Gasteiger partial charge in [0.2, 0.25) is 11.8 Å². The van der Waals surface area contributed by atoms with Gasteiger partial charge in [-0.3, -0.25) is 9.59 Å². The molecular weight excluding hydrogens is 546 g/mol. The number of thioether (sulfide) groups is 1. The molecule has 8 heteroatoms. The summed E-state index contributed by atoms with van der Waals surface area (Å²) in [6.45, 7) is 8.13. The van der Waals surface area contributed by atoms with Crippen LogP contribution in [0.2, 0.25) is 0 Å². The van der Waals surface area contributed by atoms with Gasteiger partial charge in [0.1, 0.15) is 17.7 Å². The standard InChI is InChI=1S/C34H47N3O4S/c1-7-9-10-11-17-23-37(32(39)29(22-24-42-6)36-33(40)41-34(3,4)5)30(28-21-16-15-20-27(28)8-2)31(38)35-25-26-18-13-12-14-19-26/h2,12-16,18-21,29-30H,7,9-11,17,22-25H2,1,3-6H3,(H,35,38)(H,36,40). The highest BCUT2D eigenvalue weighted by Crippen LogP contribution is 2.27. The van der Waals surface area contributed by atoms with E-state index >= 15 is 0 Å². The Hall–Kier alpha value is -3.44. The molecule has 0 spiro atoms. The highest BCUT2D eigenvalue weighted by atomic mass is 32.2. The maximum atomic E-state index is 14.4. The Morgan fingerprint density at radius 2 is 1.67 bits per heavy atom. The molecule has 2 unspecified atom stereocenters. The van der Waals surface area contributed by atoms with Crippen LogP contribution in [0.15, 0.2) is 54.6 Å². The van der Waals surface area contributed by atoms with Gasteiger partial charge in [0.15, 0.2) is 0 Å². The lowest BCUT2D eigenvalue weighted by molar-refractivity contribution is -0.142. The zero-order valence-corrected chi connectivity index (χ0v) is 26.6. The van der Waals surface area contributed by atoms with E-state index < -0.39 is 23.8 Å². The van der Waals surface area contributed by atoms with Gasteiger partial charge in [-0.2, -0.15) is 11.8 Å². The topological polar surface area (TPSA) is 87.7 Å². The van der Waals surface area contributed by atoms with Gasteiger partial charge in [0.25, 0.3) is 0 Å². The van der Waals surface area contributed by atoms with Crippen molar-refractivity contribution in [2.75, 3.05) is 18.6 Å². The number of nitrogens with zero attached hydrogens (tertiary/aromatic N) is 1. The summed E-state index contributed by atoms with van der Waals surface area (Å²) in [4.78, 5) is 42.8. The molecule has 2 atom stereocenters. The second-order valence-electron chi connectivity index (χ2n) is 11.3. The number of terminal acetylenes is 1. The van der Waals surface area contributed by atoms with Gasteiger partial charge >= 0.3 is 6.09 Å². The number of benzene rings is 2. The van der Waals surface area contributed by atoms with Crippen LogP contribution in [0.3, 0.4) is 0 Å². The van der Waals surface area contributed by atoms with Gasteiger partial charge in [-0.05, 0) is 62.8 Å². The van der Waals surface area contributed by atoms with Gasteiger partial charge in [0, 0.05) is 18.7 Å². The number of unbranched alkanes of at least 4 members (excludes halogenated alkanes) is 4. The highest BCUT2D eigenvalue weighted by molar-refractivity contribution is 7.98. The molecule has 3 amide bonds. The van der Waals surface area contributed by atoms with Crippen LogP contribution in [0.4, 0.5) is 4.79 Å². The zero-order valence-electron chi connectivity index (χ0n) is 25.8. The fraction of sp³-hybridized carbons (Fsp3) is 0.500. The summed E-state index contributed by atoms with van der Waals surface area (Å²) in [5, 5.41) is 5.82. The molecule has 0 aliphatic carbocycles.